The zero-order chi connectivity index (χ0) is 21.9. The van der Waals surface area contributed by atoms with Gasteiger partial charge >= 0.3 is 0 Å². The van der Waals surface area contributed by atoms with E-state index in [1.807, 2.05) is 39.8 Å². The van der Waals surface area contributed by atoms with E-state index in [4.69, 9.17) is 9.97 Å². The Morgan fingerprint density at radius 1 is 1.12 bits per heavy atom. The Kier molecular flexibility index (Phi) is 5.83. The molecular formula is C23H29N9. The van der Waals surface area contributed by atoms with Crippen molar-refractivity contribution in [2.45, 2.75) is 45.3 Å². The van der Waals surface area contributed by atoms with Gasteiger partial charge in [-0.1, -0.05) is 32.0 Å². The van der Waals surface area contributed by atoms with E-state index in [0.29, 0.717) is 31.0 Å². The number of nitrogens with zero attached hydrogens (tertiary/aromatic N) is 6. The fourth-order valence-corrected chi connectivity index (χ4v) is 4.07. The number of rotatable bonds is 8. The minimum atomic E-state index is 0.329. The van der Waals surface area contributed by atoms with Crippen LogP contribution in [0.1, 0.15) is 43.1 Å². The van der Waals surface area contributed by atoms with Gasteiger partial charge in [-0.25, -0.2) is 9.67 Å². The number of hydrogen-bond donors (Lipinski definition) is 3. The van der Waals surface area contributed by atoms with Crippen LogP contribution in [-0.2, 0) is 13.1 Å². The van der Waals surface area contributed by atoms with E-state index >= 15 is 0 Å². The van der Waals surface area contributed by atoms with Gasteiger partial charge < -0.3 is 16.0 Å². The molecule has 0 bridgehead atoms. The molecule has 0 spiro atoms. The van der Waals surface area contributed by atoms with Crippen LogP contribution in [0, 0.1) is 0 Å². The Morgan fingerprint density at radius 2 is 2.03 bits per heavy atom. The van der Waals surface area contributed by atoms with Crippen LogP contribution in [-0.4, -0.2) is 48.5 Å². The predicted molar refractivity (Wildman–Crippen MR) is 124 cm³/mol. The van der Waals surface area contributed by atoms with Gasteiger partial charge in [-0.3, -0.25) is 0 Å². The Labute approximate surface area is 187 Å². The van der Waals surface area contributed by atoms with Crippen LogP contribution in [0.4, 0.5) is 5.95 Å². The van der Waals surface area contributed by atoms with Gasteiger partial charge in [-0.05, 0) is 36.6 Å². The molecule has 1 aromatic carbocycles. The Balaban J connectivity index is 1.44. The molecule has 166 valence electrons. The van der Waals surface area contributed by atoms with Crippen LogP contribution in [0.15, 0.2) is 48.9 Å². The Morgan fingerprint density at radius 3 is 2.81 bits per heavy atom. The van der Waals surface area contributed by atoms with E-state index in [0.717, 1.165) is 47.8 Å². The lowest BCUT2D eigenvalue weighted by atomic mass is 10.1. The second-order valence-corrected chi connectivity index (χ2v) is 8.46. The molecule has 5 rings (SSSR count). The van der Waals surface area contributed by atoms with Crippen LogP contribution in [0.25, 0.3) is 11.3 Å². The van der Waals surface area contributed by atoms with Crippen molar-refractivity contribution in [2.24, 2.45) is 0 Å². The number of hydrogen-bond acceptors (Lipinski definition) is 7. The zero-order valence-electron chi connectivity index (χ0n) is 18.5. The van der Waals surface area contributed by atoms with Crippen molar-refractivity contribution in [1.29, 1.82) is 0 Å². The van der Waals surface area contributed by atoms with Crippen molar-refractivity contribution < 1.29 is 0 Å². The maximum atomic E-state index is 4.84. The predicted octanol–water partition coefficient (Wildman–Crippen LogP) is 2.50. The van der Waals surface area contributed by atoms with Gasteiger partial charge in [0.05, 0.1) is 18.4 Å². The van der Waals surface area contributed by atoms with Gasteiger partial charge in [0.15, 0.2) is 5.65 Å². The standard InChI is InChI=1S/C23H29N9/c1-16(2)19-14-28-32-22(19)29-21(15-25-18-8-10-24-13-18)30-23(32)26-12-17-6-3-4-7-20(17)31-11-5-9-27-31/h3-7,9,11,14,16,18,24-25H,8,10,12-13,15H2,1-2H3,(H,26,29,30). The molecule has 1 saturated heterocycles. The van der Waals surface area contributed by atoms with E-state index in [9.17, 15) is 0 Å². The van der Waals surface area contributed by atoms with Gasteiger partial charge in [0.2, 0.25) is 5.95 Å². The summed E-state index contributed by atoms with van der Waals surface area (Å²) in [5.74, 6) is 1.80. The van der Waals surface area contributed by atoms with Crippen molar-refractivity contribution in [3.8, 4) is 5.69 Å². The summed E-state index contributed by atoms with van der Waals surface area (Å²) < 4.78 is 3.69. The molecule has 0 amide bonds. The highest BCUT2D eigenvalue weighted by Crippen LogP contribution is 2.22. The average molecular weight is 432 g/mol. The summed E-state index contributed by atoms with van der Waals surface area (Å²) in [6.45, 7) is 7.59. The molecule has 32 heavy (non-hydrogen) atoms. The number of aromatic nitrogens is 6. The molecule has 1 aliphatic heterocycles. The van der Waals surface area contributed by atoms with Gasteiger partial charge in [-0.2, -0.15) is 19.7 Å². The summed E-state index contributed by atoms with van der Waals surface area (Å²) in [5, 5.41) is 19.4. The molecule has 3 N–H and O–H groups in total. The van der Waals surface area contributed by atoms with Crippen LogP contribution in [0.5, 0.6) is 0 Å². The SMILES string of the molecule is CC(C)c1cnn2c(NCc3ccccc3-n3cccn3)nc(CNC3CCNC3)nc12. The first-order valence-electron chi connectivity index (χ1n) is 11.2. The summed E-state index contributed by atoms with van der Waals surface area (Å²) in [5.41, 5.74) is 4.14. The molecule has 1 unspecified atom stereocenters. The number of nitrogens with one attached hydrogen (secondary N) is 3. The number of para-hydroxylation sites is 1. The van der Waals surface area contributed by atoms with Crippen LogP contribution in [0.2, 0.25) is 0 Å². The van der Waals surface area contributed by atoms with Crippen LogP contribution >= 0.6 is 0 Å². The van der Waals surface area contributed by atoms with Crippen molar-refractivity contribution in [2.75, 3.05) is 18.4 Å². The number of benzene rings is 1. The number of anilines is 1. The summed E-state index contributed by atoms with van der Waals surface area (Å²) in [4.78, 5) is 9.66. The van der Waals surface area contributed by atoms with Gasteiger partial charge in [0.1, 0.15) is 5.82 Å². The maximum Gasteiger partial charge on any atom is 0.227 e. The minimum Gasteiger partial charge on any atom is -0.350 e. The van der Waals surface area contributed by atoms with Crippen LogP contribution in [0.3, 0.4) is 0 Å². The summed E-state index contributed by atoms with van der Waals surface area (Å²) in [6, 6.07) is 10.6. The molecule has 4 aromatic rings. The molecular weight excluding hydrogens is 402 g/mol. The Hall–Kier alpha value is -3.30. The molecule has 0 radical (unpaired) electrons. The van der Waals surface area contributed by atoms with Crippen LogP contribution < -0.4 is 16.0 Å². The van der Waals surface area contributed by atoms with E-state index in [-0.39, 0.29) is 0 Å². The van der Waals surface area contributed by atoms with Gasteiger partial charge in [0, 0.05) is 37.1 Å². The van der Waals surface area contributed by atoms with Crippen molar-refractivity contribution in [3.05, 3.63) is 65.9 Å². The molecule has 0 aliphatic carbocycles. The van der Waals surface area contributed by atoms with Gasteiger partial charge in [0.25, 0.3) is 0 Å². The van der Waals surface area contributed by atoms with E-state index in [1.165, 1.54) is 0 Å². The smallest absolute Gasteiger partial charge is 0.227 e. The summed E-state index contributed by atoms with van der Waals surface area (Å²) >= 11 is 0. The van der Waals surface area contributed by atoms with Crippen molar-refractivity contribution >= 4 is 11.6 Å². The first kappa shape index (κ1) is 20.6. The molecule has 0 saturated carbocycles. The highest BCUT2D eigenvalue weighted by atomic mass is 15.4. The minimum absolute atomic E-state index is 0.329. The zero-order valence-corrected chi connectivity index (χ0v) is 18.5. The lowest BCUT2D eigenvalue weighted by molar-refractivity contribution is 0.534. The topological polar surface area (TPSA) is 97.0 Å². The van der Waals surface area contributed by atoms with E-state index in [1.54, 1.807) is 6.20 Å². The molecule has 1 fully saturated rings. The second kappa shape index (κ2) is 9.05. The fraction of sp³-hybridized carbons (Fsp3) is 0.391. The third-order valence-corrected chi connectivity index (χ3v) is 5.85. The Bertz CT molecular complexity index is 1170. The lowest BCUT2D eigenvalue weighted by Gasteiger charge is -2.14. The first-order chi connectivity index (χ1) is 15.7. The summed E-state index contributed by atoms with van der Waals surface area (Å²) in [7, 11) is 0. The van der Waals surface area contributed by atoms with Crippen molar-refractivity contribution in [3.63, 3.8) is 0 Å². The molecule has 9 nitrogen and oxygen atoms in total. The third kappa shape index (κ3) is 4.21. The first-order valence-corrected chi connectivity index (χ1v) is 11.2. The monoisotopic (exact) mass is 431 g/mol. The third-order valence-electron chi connectivity index (χ3n) is 5.85. The quantitative estimate of drug-likeness (QED) is 0.394. The highest BCUT2D eigenvalue weighted by Gasteiger charge is 2.18. The number of fused-ring (bicyclic) bond motifs is 1. The van der Waals surface area contributed by atoms with Crippen molar-refractivity contribution in [1.82, 2.24) is 40.0 Å². The second-order valence-electron chi connectivity index (χ2n) is 8.46. The lowest BCUT2D eigenvalue weighted by Crippen LogP contribution is -2.31. The largest absolute Gasteiger partial charge is 0.350 e. The highest BCUT2D eigenvalue weighted by molar-refractivity contribution is 5.53. The average Bonchev–Trinajstić information content (AvgIpc) is 3.58. The molecule has 9 heteroatoms. The van der Waals surface area contributed by atoms with Gasteiger partial charge in [-0.15, -0.1) is 0 Å². The molecule has 4 heterocycles. The maximum absolute atomic E-state index is 4.84. The summed E-state index contributed by atoms with van der Waals surface area (Å²) in [6.07, 6.45) is 6.76. The molecule has 1 aliphatic rings. The van der Waals surface area contributed by atoms with E-state index < -0.39 is 0 Å². The normalized spacial score (nSPS) is 16.3. The molecule has 3 aromatic heterocycles. The fourth-order valence-electron chi connectivity index (χ4n) is 4.07. The van der Waals surface area contributed by atoms with E-state index in [2.05, 4.69) is 52.1 Å². The molecule has 1 atom stereocenters.